The maximum absolute atomic E-state index is 12.4. The van der Waals surface area contributed by atoms with Crippen molar-refractivity contribution in [2.45, 2.75) is 135 Å². The van der Waals surface area contributed by atoms with Gasteiger partial charge in [-0.3, -0.25) is 4.79 Å². The number of Topliss-reactive ketones (excluding diaryl/α,β-unsaturated/α-hetero) is 1. The van der Waals surface area contributed by atoms with Gasteiger partial charge in [0.15, 0.2) is 5.78 Å². The lowest BCUT2D eigenvalue weighted by atomic mass is 9.81. The Kier molecular flexibility index (Phi) is 13.1. The molecule has 1 aliphatic rings. The molecule has 1 saturated carbocycles. The first-order chi connectivity index (χ1) is 14.7. The molecule has 2 atom stereocenters. The van der Waals surface area contributed by atoms with E-state index in [2.05, 4.69) is 19.1 Å². The van der Waals surface area contributed by atoms with E-state index in [4.69, 9.17) is 0 Å². The molecule has 0 aliphatic heterocycles. The molecule has 0 spiro atoms. The van der Waals surface area contributed by atoms with E-state index in [9.17, 15) is 9.90 Å². The van der Waals surface area contributed by atoms with Crippen molar-refractivity contribution in [1.82, 2.24) is 0 Å². The van der Waals surface area contributed by atoms with Crippen LogP contribution in [0.2, 0.25) is 0 Å². The lowest BCUT2D eigenvalue weighted by Crippen LogP contribution is -2.22. The molecule has 2 nitrogen and oxygen atoms in total. The highest BCUT2D eigenvalue weighted by molar-refractivity contribution is 5.96. The van der Waals surface area contributed by atoms with Crippen LogP contribution >= 0.6 is 0 Å². The summed E-state index contributed by atoms with van der Waals surface area (Å²) in [5, 5.41) is 10.2. The highest BCUT2D eigenvalue weighted by Crippen LogP contribution is 2.33. The zero-order valence-corrected chi connectivity index (χ0v) is 19.5. The lowest BCUT2D eigenvalue weighted by molar-refractivity contribution is 0.0979. The number of unbranched alkanes of at least 4 members (excludes halogenated alkanes) is 12. The van der Waals surface area contributed by atoms with E-state index in [-0.39, 0.29) is 17.8 Å². The van der Waals surface area contributed by atoms with Crippen LogP contribution in [0.25, 0.3) is 0 Å². The largest absolute Gasteiger partial charge is 0.392 e. The van der Waals surface area contributed by atoms with Gasteiger partial charge in [-0.1, -0.05) is 121 Å². The Morgan fingerprint density at radius 3 is 1.80 bits per heavy atom. The third-order valence-corrected chi connectivity index (χ3v) is 6.90. The van der Waals surface area contributed by atoms with Gasteiger partial charge < -0.3 is 5.11 Å². The fraction of sp³-hybridized carbons (Fsp3) is 0.750. The summed E-state index contributed by atoms with van der Waals surface area (Å²) in [4.78, 5) is 12.4. The van der Waals surface area contributed by atoms with E-state index in [1.165, 1.54) is 89.0 Å². The van der Waals surface area contributed by atoms with Crippen LogP contribution in [-0.2, 0) is 0 Å². The highest BCUT2D eigenvalue weighted by atomic mass is 16.3. The van der Waals surface area contributed by atoms with Gasteiger partial charge in [0.25, 0.3) is 0 Å². The first-order valence-corrected chi connectivity index (χ1v) is 13.0. The Labute approximate surface area is 185 Å². The first-order valence-electron chi connectivity index (χ1n) is 13.0. The molecule has 0 bridgehead atoms. The van der Waals surface area contributed by atoms with Gasteiger partial charge in [-0.2, -0.15) is 0 Å². The van der Waals surface area contributed by atoms with Crippen LogP contribution in [0.15, 0.2) is 24.3 Å². The standard InChI is InChI=1S/C28H46O2/c1-2-3-4-5-6-7-8-9-10-11-12-13-14-18-27(29)25-22-20-24(21-23-25)26-17-15-16-19-28(26)30/h20-23,26,28,30H,2-19H2,1H3. The van der Waals surface area contributed by atoms with Gasteiger partial charge in [0.05, 0.1) is 6.10 Å². The monoisotopic (exact) mass is 414 g/mol. The van der Waals surface area contributed by atoms with Crippen LogP contribution in [0.1, 0.15) is 144 Å². The summed E-state index contributed by atoms with van der Waals surface area (Å²) >= 11 is 0. The molecule has 2 rings (SSSR count). The molecule has 30 heavy (non-hydrogen) atoms. The minimum atomic E-state index is -0.217. The van der Waals surface area contributed by atoms with Gasteiger partial charge in [0, 0.05) is 17.9 Å². The number of hydrogen-bond acceptors (Lipinski definition) is 2. The SMILES string of the molecule is CCCCCCCCCCCCCCCC(=O)c1ccc(C2CCCCC2O)cc1. The summed E-state index contributed by atoms with van der Waals surface area (Å²) in [6, 6.07) is 8.08. The van der Waals surface area contributed by atoms with Crippen LogP contribution in [-0.4, -0.2) is 17.0 Å². The number of rotatable bonds is 16. The predicted molar refractivity (Wildman–Crippen MR) is 128 cm³/mol. The predicted octanol–water partition coefficient (Wildman–Crippen LogP) is 8.37. The van der Waals surface area contributed by atoms with Crippen molar-refractivity contribution in [2.24, 2.45) is 0 Å². The zero-order chi connectivity index (χ0) is 21.4. The Morgan fingerprint density at radius 2 is 1.27 bits per heavy atom. The maximum Gasteiger partial charge on any atom is 0.162 e. The average Bonchev–Trinajstić information content (AvgIpc) is 2.77. The molecule has 2 heteroatoms. The maximum atomic E-state index is 12.4. The van der Waals surface area contributed by atoms with E-state index in [1.807, 2.05) is 12.1 Å². The molecule has 1 aromatic carbocycles. The molecular weight excluding hydrogens is 368 g/mol. The molecule has 1 fully saturated rings. The number of carbonyl (C=O) groups is 1. The van der Waals surface area contributed by atoms with Crippen molar-refractivity contribution in [3.63, 3.8) is 0 Å². The molecule has 0 heterocycles. The van der Waals surface area contributed by atoms with Crippen LogP contribution in [0.3, 0.4) is 0 Å². The van der Waals surface area contributed by atoms with E-state index >= 15 is 0 Å². The third kappa shape index (κ3) is 9.77. The Hall–Kier alpha value is -1.15. The van der Waals surface area contributed by atoms with Gasteiger partial charge in [0.1, 0.15) is 0 Å². The summed E-state index contributed by atoms with van der Waals surface area (Å²) in [5.41, 5.74) is 2.03. The molecule has 0 aromatic heterocycles. The second kappa shape index (κ2) is 15.6. The number of carbonyl (C=O) groups excluding carboxylic acids is 1. The van der Waals surface area contributed by atoms with Crippen molar-refractivity contribution in [3.05, 3.63) is 35.4 Å². The molecule has 170 valence electrons. The van der Waals surface area contributed by atoms with E-state index < -0.39 is 0 Å². The molecule has 0 saturated heterocycles. The number of ketones is 1. The highest BCUT2D eigenvalue weighted by Gasteiger charge is 2.24. The average molecular weight is 415 g/mol. The van der Waals surface area contributed by atoms with Crippen LogP contribution < -0.4 is 0 Å². The molecule has 0 radical (unpaired) electrons. The Bertz CT molecular complexity index is 563. The summed E-state index contributed by atoms with van der Waals surface area (Å²) < 4.78 is 0. The Balaban J connectivity index is 1.49. The molecule has 1 N–H and O–H groups in total. The van der Waals surface area contributed by atoms with Crippen molar-refractivity contribution in [1.29, 1.82) is 0 Å². The second-order valence-electron chi connectivity index (χ2n) is 9.50. The van der Waals surface area contributed by atoms with Crippen molar-refractivity contribution in [2.75, 3.05) is 0 Å². The third-order valence-electron chi connectivity index (χ3n) is 6.90. The smallest absolute Gasteiger partial charge is 0.162 e. The molecule has 0 amide bonds. The summed E-state index contributed by atoms with van der Waals surface area (Å²) in [5.74, 6) is 0.526. The normalized spacial score (nSPS) is 19.1. The second-order valence-corrected chi connectivity index (χ2v) is 9.50. The number of aliphatic hydroxyl groups is 1. The van der Waals surface area contributed by atoms with E-state index in [1.54, 1.807) is 0 Å². The fourth-order valence-corrected chi connectivity index (χ4v) is 4.86. The molecule has 2 unspecified atom stereocenters. The molecule has 1 aromatic rings. The Morgan fingerprint density at radius 1 is 0.767 bits per heavy atom. The van der Waals surface area contributed by atoms with Crippen molar-refractivity contribution in [3.8, 4) is 0 Å². The summed E-state index contributed by atoms with van der Waals surface area (Å²) in [6.45, 7) is 2.28. The van der Waals surface area contributed by atoms with Crippen LogP contribution in [0.5, 0.6) is 0 Å². The summed E-state index contributed by atoms with van der Waals surface area (Å²) in [7, 11) is 0. The summed E-state index contributed by atoms with van der Waals surface area (Å²) in [6.07, 6.45) is 22.1. The molecule has 1 aliphatic carbocycles. The van der Waals surface area contributed by atoms with Crippen LogP contribution in [0.4, 0.5) is 0 Å². The van der Waals surface area contributed by atoms with Gasteiger partial charge in [-0.25, -0.2) is 0 Å². The van der Waals surface area contributed by atoms with Crippen molar-refractivity contribution >= 4 is 5.78 Å². The minimum Gasteiger partial charge on any atom is -0.392 e. The van der Waals surface area contributed by atoms with E-state index in [0.717, 1.165) is 31.2 Å². The van der Waals surface area contributed by atoms with Gasteiger partial charge in [-0.15, -0.1) is 0 Å². The number of benzene rings is 1. The molecular formula is C28H46O2. The van der Waals surface area contributed by atoms with E-state index in [0.29, 0.717) is 6.42 Å². The quantitative estimate of drug-likeness (QED) is 0.218. The fourth-order valence-electron chi connectivity index (χ4n) is 4.86. The van der Waals surface area contributed by atoms with Gasteiger partial charge in [-0.05, 0) is 24.8 Å². The number of aliphatic hydroxyl groups excluding tert-OH is 1. The minimum absolute atomic E-state index is 0.217. The van der Waals surface area contributed by atoms with Crippen molar-refractivity contribution < 1.29 is 9.90 Å². The van der Waals surface area contributed by atoms with Crippen LogP contribution in [0, 0.1) is 0 Å². The first kappa shape index (κ1) is 25.1. The topological polar surface area (TPSA) is 37.3 Å². The zero-order valence-electron chi connectivity index (χ0n) is 19.5. The number of hydrogen-bond donors (Lipinski definition) is 1. The van der Waals surface area contributed by atoms with Gasteiger partial charge in [0.2, 0.25) is 0 Å². The van der Waals surface area contributed by atoms with Gasteiger partial charge >= 0.3 is 0 Å². The lowest BCUT2D eigenvalue weighted by Gasteiger charge is -2.28.